The number of hydrogen-bond donors (Lipinski definition) is 1. The van der Waals surface area contributed by atoms with Crippen LogP contribution in [-0.4, -0.2) is 53.7 Å². The van der Waals surface area contributed by atoms with Crippen LogP contribution in [0.15, 0.2) is 53.7 Å². The van der Waals surface area contributed by atoms with E-state index >= 15 is 0 Å². The Labute approximate surface area is 208 Å². The van der Waals surface area contributed by atoms with Crippen molar-refractivity contribution in [3.8, 4) is 0 Å². The first-order chi connectivity index (χ1) is 16.9. The largest absolute Gasteiger partial charge is 0.336 e. The van der Waals surface area contributed by atoms with Gasteiger partial charge in [-0.15, -0.1) is 10.2 Å². The van der Waals surface area contributed by atoms with Crippen molar-refractivity contribution >= 4 is 46.1 Å². The van der Waals surface area contributed by atoms with Gasteiger partial charge >= 0.3 is 0 Å². The molecular formula is C26H30N6O2S. The Bertz CT molecular complexity index is 1380. The first-order valence-corrected chi connectivity index (χ1v) is 13.0. The number of fused-ring (bicyclic) bond motifs is 3. The van der Waals surface area contributed by atoms with Crippen LogP contribution in [0, 0.1) is 6.92 Å². The van der Waals surface area contributed by atoms with Gasteiger partial charge in [-0.1, -0.05) is 42.1 Å². The maximum absolute atomic E-state index is 13.4. The van der Waals surface area contributed by atoms with E-state index in [2.05, 4.69) is 29.4 Å². The van der Waals surface area contributed by atoms with Crippen molar-refractivity contribution in [1.29, 1.82) is 0 Å². The van der Waals surface area contributed by atoms with E-state index in [0.29, 0.717) is 10.9 Å². The maximum atomic E-state index is 13.4. The van der Waals surface area contributed by atoms with Crippen molar-refractivity contribution < 1.29 is 9.59 Å². The molecule has 1 aliphatic rings. The number of nitrogens with one attached hydrogen (secondary N) is 1. The van der Waals surface area contributed by atoms with Crippen LogP contribution in [0.5, 0.6) is 0 Å². The van der Waals surface area contributed by atoms with Crippen molar-refractivity contribution in [3.05, 3.63) is 54.1 Å². The Hall–Kier alpha value is -3.33. The quantitative estimate of drug-likeness (QED) is 0.402. The third-order valence-corrected chi connectivity index (χ3v) is 7.73. The predicted octanol–water partition coefficient (Wildman–Crippen LogP) is 4.51. The number of piperidine rings is 1. The third-order valence-electron chi connectivity index (χ3n) is 6.80. The molecule has 0 aliphatic carbocycles. The number of para-hydroxylation sites is 3. The van der Waals surface area contributed by atoms with Crippen molar-refractivity contribution in [2.75, 3.05) is 11.1 Å². The molecule has 35 heavy (non-hydrogen) atoms. The lowest BCUT2D eigenvalue weighted by molar-refractivity contribution is -0.137. The van der Waals surface area contributed by atoms with E-state index < -0.39 is 0 Å². The van der Waals surface area contributed by atoms with Crippen LogP contribution in [0.4, 0.5) is 5.69 Å². The first kappa shape index (κ1) is 23.4. The monoisotopic (exact) mass is 490 g/mol. The van der Waals surface area contributed by atoms with Gasteiger partial charge in [0.05, 0.1) is 16.8 Å². The number of hydrogen-bond acceptors (Lipinski definition) is 5. The molecule has 2 amide bonds. The van der Waals surface area contributed by atoms with E-state index in [1.54, 1.807) is 0 Å². The molecule has 2 aromatic carbocycles. The zero-order valence-electron chi connectivity index (χ0n) is 20.3. The van der Waals surface area contributed by atoms with Gasteiger partial charge in [0.1, 0.15) is 6.54 Å². The number of benzene rings is 2. The zero-order chi connectivity index (χ0) is 24.5. The van der Waals surface area contributed by atoms with Gasteiger partial charge < -0.3 is 10.2 Å². The van der Waals surface area contributed by atoms with E-state index in [0.717, 1.165) is 41.5 Å². The van der Waals surface area contributed by atoms with Gasteiger partial charge in [-0.25, -0.2) is 0 Å². The number of likely N-dealkylation sites (tertiary alicyclic amines) is 1. The number of imidazole rings is 1. The number of rotatable bonds is 6. The van der Waals surface area contributed by atoms with Gasteiger partial charge in [-0.05, 0) is 63.8 Å². The summed E-state index contributed by atoms with van der Waals surface area (Å²) in [6.07, 6.45) is 3.23. The number of thioether (sulfide) groups is 1. The summed E-state index contributed by atoms with van der Waals surface area (Å²) in [7, 11) is 0. The highest BCUT2D eigenvalue weighted by molar-refractivity contribution is 7.99. The van der Waals surface area contributed by atoms with Crippen molar-refractivity contribution in [2.24, 2.45) is 0 Å². The molecule has 2 unspecified atom stereocenters. The molecule has 9 heteroatoms. The number of aromatic nitrogens is 4. The molecule has 8 nitrogen and oxygen atoms in total. The maximum Gasteiger partial charge on any atom is 0.243 e. The summed E-state index contributed by atoms with van der Waals surface area (Å²) in [5.74, 6) is 0.811. The highest BCUT2D eigenvalue weighted by atomic mass is 32.2. The second-order valence-corrected chi connectivity index (χ2v) is 10.2. The van der Waals surface area contributed by atoms with Crippen LogP contribution < -0.4 is 5.32 Å². The number of anilines is 1. The van der Waals surface area contributed by atoms with E-state index in [-0.39, 0.29) is 36.2 Å². The standard InChI is InChI=1S/C26H30N6O2S/c1-17-9-4-5-12-20(17)27-23(33)16-35-26-29-28-25-30(21-13-6-7-14-22(21)32(25)26)15-24(34)31-18(2)10-8-11-19(31)3/h4-7,9,12-14,18-19H,8,10-11,15-16H2,1-3H3,(H,27,33). The van der Waals surface area contributed by atoms with Crippen LogP contribution in [0.3, 0.4) is 0 Å². The molecule has 0 bridgehead atoms. The van der Waals surface area contributed by atoms with Crippen LogP contribution in [0.2, 0.25) is 0 Å². The Kier molecular flexibility index (Phi) is 6.51. The SMILES string of the molecule is Cc1ccccc1NC(=O)CSc1nnc2n(CC(=O)N3C(C)CCCC3C)c3ccccc3n12. The first-order valence-electron chi connectivity index (χ1n) is 12.1. The Morgan fingerprint density at radius 2 is 1.69 bits per heavy atom. The highest BCUT2D eigenvalue weighted by Gasteiger charge is 2.30. The fourth-order valence-corrected chi connectivity index (χ4v) is 5.79. The number of carbonyl (C=O) groups excluding carboxylic acids is 2. The number of aryl methyl sites for hydroxylation is 1. The summed E-state index contributed by atoms with van der Waals surface area (Å²) in [6, 6.07) is 16.1. The van der Waals surface area contributed by atoms with Gasteiger partial charge in [0, 0.05) is 17.8 Å². The molecule has 4 aromatic rings. The number of nitrogens with zero attached hydrogens (tertiary/aromatic N) is 5. The molecule has 1 saturated heterocycles. The average Bonchev–Trinajstić information content (AvgIpc) is 3.38. The molecule has 1 aliphatic heterocycles. The van der Waals surface area contributed by atoms with Crippen molar-refractivity contribution in [2.45, 2.75) is 63.8 Å². The van der Waals surface area contributed by atoms with E-state index in [1.807, 2.05) is 69.3 Å². The molecule has 1 fully saturated rings. The lowest BCUT2D eigenvalue weighted by Crippen LogP contribution is -2.48. The summed E-state index contributed by atoms with van der Waals surface area (Å²) in [5.41, 5.74) is 3.66. The Balaban J connectivity index is 1.40. The van der Waals surface area contributed by atoms with E-state index in [9.17, 15) is 9.59 Å². The van der Waals surface area contributed by atoms with E-state index in [1.165, 1.54) is 11.8 Å². The second kappa shape index (κ2) is 9.73. The molecule has 182 valence electrons. The molecule has 2 atom stereocenters. The Morgan fingerprint density at radius 3 is 2.43 bits per heavy atom. The third kappa shape index (κ3) is 4.52. The highest BCUT2D eigenvalue weighted by Crippen LogP contribution is 2.28. The molecule has 1 N–H and O–H groups in total. The van der Waals surface area contributed by atoms with Crippen LogP contribution in [0.1, 0.15) is 38.7 Å². The van der Waals surface area contributed by atoms with Gasteiger partial charge in [0.15, 0.2) is 5.16 Å². The van der Waals surface area contributed by atoms with Gasteiger partial charge in [0.25, 0.3) is 0 Å². The smallest absolute Gasteiger partial charge is 0.243 e. The summed E-state index contributed by atoms with van der Waals surface area (Å²) in [5, 5.41) is 12.4. The second-order valence-electron chi connectivity index (χ2n) is 9.27. The molecule has 0 spiro atoms. The molecule has 2 aromatic heterocycles. The van der Waals surface area contributed by atoms with Crippen LogP contribution >= 0.6 is 11.8 Å². The van der Waals surface area contributed by atoms with Crippen LogP contribution in [-0.2, 0) is 16.1 Å². The summed E-state index contributed by atoms with van der Waals surface area (Å²) in [6.45, 7) is 6.43. The van der Waals surface area contributed by atoms with Crippen LogP contribution in [0.25, 0.3) is 16.8 Å². The van der Waals surface area contributed by atoms with Gasteiger partial charge in [0.2, 0.25) is 17.6 Å². The molecule has 3 heterocycles. The fourth-order valence-electron chi connectivity index (χ4n) is 5.05. The summed E-state index contributed by atoms with van der Waals surface area (Å²) < 4.78 is 3.88. The minimum atomic E-state index is -0.104. The molecule has 0 saturated carbocycles. The topological polar surface area (TPSA) is 84.5 Å². The fraction of sp³-hybridized carbons (Fsp3) is 0.385. The van der Waals surface area contributed by atoms with Crippen molar-refractivity contribution in [1.82, 2.24) is 24.1 Å². The van der Waals surface area contributed by atoms with E-state index in [4.69, 9.17) is 0 Å². The molecular weight excluding hydrogens is 460 g/mol. The summed E-state index contributed by atoms with van der Waals surface area (Å²) in [4.78, 5) is 28.0. The van der Waals surface area contributed by atoms with Gasteiger partial charge in [-0.3, -0.25) is 18.6 Å². The lowest BCUT2D eigenvalue weighted by atomic mass is 9.97. The minimum absolute atomic E-state index is 0.0998. The van der Waals surface area contributed by atoms with Gasteiger partial charge in [-0.2, -0.15) is 0 Å². The minimum Gasteiger partial charge on any atom is -0.336 e. The molecule has 0 radical (unpaired) electrons. The Morgan fingerprint density at radius 1 is 1.00 bits per heavy atom. The number of amides is 2. The van der Waals surface area contributed by atoms with Crippen molar-refractivity contribution in [3.63, 3.8) is 0 Å². The number of carbonyl (C=O) groups is 2. The molecule has 5 rings (SSSR count). The zero-order valence-corrected chi connectivity index (χ0v) is 21.1. The normalized spacial score (nSPS) is 18.3. The summed E-state index contributed by atoms with van der Waals surface area (Å²) >= 11 is 1.33. The predicted molar refractivity (Wildman–Crippen MR) is 139 cm³/mol. The lowest BCUT2D eigenvalue weighted by Gasteiger charge is -2.39. The average molecular weight is 491 g/mol.